The van der Waals surface area contributed by atoms with E-state index in [0.717, 1.165) is 10.2 Å². The fraction of sp³-hybridized carbons (Fsp3) is 0.0714. The van der Waals surface area contributed by atoms with Crippen LogP contribution in [-0.4, -0.2) is 25.5 Å². The Morgan fingerprint density at radius 2 is 2.14 bits per heavy atom. The molecule has 2 heterocycles. The number of para-hydroxylation sites is 2. The van der Waals surface area contributed by atoms with Crippen LogP contribution in [0, 0.1) is 0 Å². The summed E-state index contributed by atoms with van der Waals surface area (Å²) >= 11 is 3.36. The van der Waals surface area contributed by atoms with Crippen LogP contribution in [0.25, 0.3) is 5.69 Å². The third-order valence-electron chi connectivity index (χ3n) is 3.03. The van der Waals surface area contributed by atoms with Gasteiger partial charge in [-0.25, -0.2) is 4.68 Å². The number of carbonyl (C=O) groups excluding carboxylic acids is 1. The van der Waals surface area contributed by atoms with Crippen molar-refractivity contribution in [2.45, 2.75) is 0 Å². The Bertz CT molecular complexity index is 779. The van der Waals surface area contributed by atoms with Gasteiger partial charge in [-0.05, 0) is 34.1 Å². The lowest BCUT2D eigenvalue weighted by Gasteiger charge is -2.10. The largest absolute Gasteiger partial charge is 0.345 e. The van der Waals surface area contributed by atoms with Gasteiger partial charge in [0.1, 0.15) is 5.69 Å². The van der Waals surface area contributed by atoms with Gasteiger partial charge in [-0.3, -0.25) is 4.79 Å². The van der Waals surface area contributed by atoms with Gasteiger partial charge in [-0.2, -0.15) is 0 Å². The molecule has 3 aromatic rings. The number of aromatic nitrogens is 4. The van der Waals surface area contributed by atoms with Gasteiger partial charge < -0.3 is 9.88 Å². The predicted molar refractivity (Wildman–Crippen MR) is 82.4 cm³/mol. The number of nitrogens with zero attached hydrogens (tertiary/aromatic N) is 4. The van der Waals surface area contributed by atoms with E-state index in [1.807, 2.05) is 37.5 Å². The van der Waals surface area contributed by atoms with Gasteiger partial charge in [-0.15, -0.1) is 5.10 Å². The number of benzene rings is 1. The normalized spacial score (nSPS) is 10.6. The standard InChI is InChI=1S/C14H12BrN5O/c1-19-9-10(15)8-13(19)14(21)17-11-4-2-3-5-12(11)20-7-6-16-18-20/h2-9H,1H3,(H,17,21). The highest BCUT2D eigenvalue weighted by atomic mass is 79.9. The second-order valence-electron chi connectivity index (χ2n) is 4.47. The van der Waals surface area contributed by atoms with E-state index in [9.17, 15) is 4.79 Å². The number of hydrogen-bond acceptors (Lipinski definition) is 3. The maximum Gasteiger partial charge on any atom is 0.272 e. The minimum Gasteiger partial charge on any atom is -0.345 e. The molecule has 0 aliphatic heterocycles. The van der Waals surface area contributed by atoms with Crippen LogP contribution in [0.5, 0.6) is 0 Å². The molecule has 0 saturated carbocycles. The highest BCUT2D eigenvalue weighted by molar-refractivity contribution is 9.10. The molecule has 0 unspecified atom stereocenters. The molecule has 7 heteroatoms. The van der Waals surface area contributed by atoms with Crippen LogP contribution < -0.4 is 5.32 Å². The number of carbonyl (C=O) groups is 1. The van der Waals surface area contributed by atoms with Crippen molar-refractivity contribution in [1.29, 1.82) is 0 Å². The molecule has 21 heavy (non-hydrogen) atoms. The molecule has 0 aliphatic rings. The lowest BCUT2D eigenvalue weighted by molar-refractivity contribution is 0.101. The van der Waals surface area contributed by atoms with E-state index in [4.69, 9.17) is 0 Å². The zero-order valence-electron chi connectivity index (χ0n) is 11.2. The molecule has 2 aromatic heterocycles. The third-order valence-corrected chi connectivity index (χ3v) is 3.46. The number of amides is 1. The van der Waals surface area contributed by atoms with E-state index < -0.39 is 0 Å². The van der Waals surface area contributed by atoms with Gasteiger partial charge in [0.15, 0.2) is 0 Å². The van der Waals surface area contributed by atoms with Crippen molar-refractivity contribution in [2.24, 2.45) is 7.05 Å². The van der Waals surface area contributed by atoms with Crippen molar-refractivity contribution in [3.63, 3.8) is 0 Å². The topological polar surface area (TPSA) is 64.7 Å². The Morgan fingerprint density at radius 1 is 1.33 bits per heavy atom. The maximum atomic E-state index is 12.4. The second kappa shape index (κ2) is 5.53. The molecule has 0 bridgehead atoms. The van der Waals surface area contributed by atoms with E-state index >= 15 is 0 Å². The quantitative estimate of drug-likeness (QED) is 0.793. The molecular weight excluding hydrogens is 334 g/mol. The van der Waals surface area contributed by atoms with E-state index in [1.165, 1.54) is 0 Å². The Morgan fingerprint density at radius 3 is 2.81 bits per heavy atom. The summed E-state index contributed by atoms with van der Waals surface area (Å²) in [6.07, 6.45) is 5.15. The van der Waals surface area contributed by atoms with Crippen LogP contribution in [0.1, 0.15) is 10.5 Å². The first-order valence-electron chi connectivity index (χ1n) is 6.24. The smallest absolute Gasteiger partial charge is 0.272 e. The van der Waals surface area contributed by atoms with Gasteiger partial charge >= 0.3 is 0 Å². The van der Waals surface area contributed by atoms with Crippen molar-refractivity contribution in [3.05, 3.63) is 59.1 Å². The molecule has 0 fully saturated rings. The third kappa shape index (κ3) is 2.73. The summed E-state index contributed by atoms with van der Waals surface area (Å²) in [7, 11) is 1.82. The first-order valence-corrected chi connectivity index (χ1v) is 7.03. The van der Waals surface area contributed by atoms with Crippen molar-refractivity contribution < 1.29 is 4.79 Å². The number of nitrogens with one attached hydrogen (secondary N) is 1. The minimum absolute atomic E-state index is 0.184. The summed E-state index contributed by atoms with van der Waals surface area (Å²) in [6.45, 7) is 0. The summed E-state index contributed by atoms with van der Waals surface area (Å²) in [5.74, 6) is -0.184. The second-order valence-corrected chi connectivity index (χ2v) is 5.39. The summed E-state index contributed by atoms with van der Waals surface area (Å²) < 4.78 is 4.23. The average molecular weight is 346 g/mol. The maximum absolute atomic E-state index is 12.4. The lowest BCUT2D eigenvalue weighted by atomic mass is 10.2. The molecule has 6 nitrogen and oxygen atoms in total. The number of hydrogen-bond donors (Lipinski definition) is 1. The molecule has 0 aliphatic carbocycles. The number of halogens is 1. The summed E-state index contributed by atoms with van der Waals surface area (Å²) in [4.78, 5) is 12.4. The zero-order valence-corrected chi connectivity index (χ0v) is 12.8. The summed E-state index contributed by atoms with van der Waals surface area (Å²) in [5, 5.41) is 10.6. The monoisotopic (exact) mass is 345 g/mol. The number of aryl methyl sites for hydroxylation is 1. The van der Waals surface area contributed by atoms with Crippen molar-refractivity contribution in [1.82, 2.24) is 19.6 Å². The van der Waals surface area contributed by atoms with E-state index in [2.05, 4.69) is 31.6 Å². The Hall–Kier alpha value is -2.41. The molecule has 106 valence electrons. The predicted octanol–water partition coefficient (Wildman–Crippen LogP) is 2.62. The summed E-state index contributed by atoms with van der Waals surface area (Å²) in [6, 6.07) is 9.20. The van der Waals surface area contributed by atoms with E-state index in [1.54, 1.807) is 27.7 Å². The van der Waals surface area contributed by atoms with Gasteiger partial charge in [0, 0.05) is 17.7 Å². The molecular formula is C14H12BrN5O. The van der Waals surface area contributed by atoms with Crippen molar-refractivity contribution in [2.75, 3.05) is 5.32 Å². The Labute approximate surface area is 129 Å². The highest BCUT2D eigenvalue weighted by Gasteiger charge is 2.13. The SMILES string of the molecule is Cn1cc(Br)cc1C(=O)Nc1ccccc1-n1ccnn1. The van der Waals surface area contributed by atoms with E-state index in [-0.39, 0.29) is 5.91 Å². The first-order chi connectivity index (χ1) is 10.1. The number of rotatable bonds is 3. The fourth-order valence-electron chi connectivity index (χ4n) is 2.05. The fourth-order valence-corrected chi connectivity index (χ4v) is 2.58. The van der Waals surface area contributed by atoms with Crippen LogP contribution in [0.2, 0.25) is 0 Å². The number of anilines is 1. The van der Waals surface area contributed by atoms with Crippen LogP contribution in [0.3, 0.4) is 0 Å². The van der Waals surface area contributed by atoms with Crippen LogP contribution >= 0.6 is 15.9 Å². The van der Waals surface area contributed by atoms with Gasteiger partial charge in [-0.1, -0.05) is 17.3 Å². The molecule has 0 radical (unpaired) electrons. The van der Waals surface area contributed by atoms with Crippen LogP contribution in [0.15, 0.2) is 53.4 Å². The minimum atomic E-state index is -0.184. The Kier molecular flexibility index (Phi) is 3.57. The Balaban J connectivity index is 1.92. The molecule has 1 aromatic carbocycles. The van der Waals surface area contributed by atoms with Crippen molar-refractivity contribution >= 4 is 27.5 Å². The molecule has 3 rings (SSSR count). The lowest BCUT2D eigenvalue weighted by Crippen LogP contribution is -2.16. The molecule has 1 amide bonds. The zero-order chi connectivity index (χ0) is 14.8. The van der Waals surface area contributed by atoms with E-state index in [0.29, 0.717) is 11.4 Å². The molecule has 0 saturated heterocycles. The van der Waals surface area contributed by atoms with Gasteiger partial charge in [0.05, 0.1) is 23.8 Å². The van der Waals surface area contributed by atoms with Crippen molar-refractivity contribution in [3.8, 4) is 5.69 Å². The summed E-state index contributed by atoms with van der Waals surface area (Å²) in [5.41, 5.74) is 2.00. The van der Waals surface area contributed by atoms with Crippen LogP contribution in [0.4, 0.5) is 5.69 Å². The van der Waals surface area contributed by atoms with Crippen LogP contribution in [-0.2, 0) is 7.05 Å². The van der Waals surface area contributed by atoms with Gasteiger partial charge in [0.2, 0.25) is 0 Å². The first kappa shape index (κ1) is 13.6. The average Bonchev–Trinajstić information content (AvgIpc) is 3.09. The van der Waals surface area contributed by atoms with Gasteiger partial charge in [0.25, 0.3) is 5.91 Å². The molecule has 0 atom stereocenters. The molecule has 1 N–H and O–H groups in total. The highest BCUT2D eigenvalue weighted by Crippen LogP contribution is 2.20. The molecule has 0 spiro atoms.